The van der Waals surface area contributed by atoms with Gasteiger partial charge in [-0.1, -0.05) is 38.1 Å². The lowest BCUT2D eigenvalue weighted by molar-refractivity contribution is 0.0999. The SMILES string of the molecule is CC(C)(c1ccc(F)cc1)C(O)Cc1ccc(F)cc1. The van der Waals surface area contributed by atoms with Crippen molar-refractivity contribution in [3.8, 4) is 0 Å². The lowest BCUT2D eigenvalue weighted by Gasteiger charge is -2.31. The van der Waals surface area contributed by atoms with E-state index in [2.05, 4.69) is 0 Å². The summed E-state index contributed by atoms with van der Waals surface area (Å²) in [6.07, 6.45) is -0.219. The Balaban J connectivity index is 2.16. The van der Waals surface area contributed by atoms with E-state index < -0.39 is 11.5 Å². The van der Waals surface area contributed by atoms with E-state index in [1.54, 1.807) is 24.3 Å². The van der Waals surface area contributed by atoms with Crippen LogP contribution in [0.1, 0.15) is 25.0 Å². The molecule has 2 aromatic carbocycles. The molecular formula is C17H18F2O. The van der Waals surface area contributed by atoms with Gasteiger partial charge in [-0.05, 0) is 41.8 Å². The molecule has 0 aliphatic carbocycles. The highest BCUT2D eigenvalue weighted by atomic mass is 19.1. The minimum Gasteiger partial charge on any atom is -0.392 e. The Bertz CT molecular complexity index is 559. The van der Waals surface area contributed by atoms with E-state index in [1.165, 1.54) is 24.3 Å². The van der Waals surface area contributed by atoms with Crippen LogP contribution >= 0.6 is 0 Å². The fourth-order valence-corrected chi connectivity index (χ4v) is 2.17. The number of halogens is 2. The van der Waals surface area contributed by atoms with Crippen LogP contribution in [-0.4, -0.2) is 11.2 Å². The van der Waals surface area contributed by atoms with Gasteiger partial charge in [-0.3, -0.25) is 0 Å². The topological polar surface area (TPSA) is 20.2 Å². The average Bonchev–Trinajstić information content (AvgIpc) is 2.42. The zero-order valence-electron chi connectivity index (χ0n) is 11.6. The van der Waals surface area contributed by atoms with Gasteiger partial charge in [0.05, 0.1) is 6.10 Å². The molecular weight excluding hydrogens is 258 g/mol. The van der Waals surface area contributed by atoms with Crippen LogP contribution in [0.3, 0.4) is 0 Å². The second kappa shape index (κ2) is 5.71. The summed E-state index contributed by atoms with van der Waals surface area (Å²) in [5.74, 6) is -0.585. The van der Waals surface area contributed by atoms with E-state index in [9.17, 15) is 13.9 Å². The molecule has 0 amide bonds. The van der Waals surface area contributed by atoms with E-state index >= 15 is 0 Å². The summed E-state index contributed by atoms with van der Waals surface area (Å²) in [7, 11) is 0. The van der Waals surface area contributed by atoms with Gasteiger partial charge in [-0.25, -0.2) is 8.78 Å². The smallest absolute Gasteiger partial charge is 0.123 e. The van der Waals surface area contributed by atoms with Crippen LogP contribution < -0.4 is 0 Å². The van der Waals surface area contributed by atoms with Crippen molar-refractivity contribution in [2.45, 2.75) is 31.8 Å². The first kappa shape index (κ1) is 14.7. The summed E-state index contributed by atoms with van der Waals surface area (Å²) in [5.41, 5.74) is 1.23. The van der Waals surface area contributed by atoms with Gasteiger partial charge >= 0.3 is 0 Å². The van der Waals surface area contributed by atoms with Crippen LogP contribution in [-0.2, 0) is 11.8 Å². The summed E-state index contributed by atoms with van der Waals surface area (Å²) < 4.78 is 25.8. The first-order valence-corrected chi connectivity index (χ1v) is 6.58. The number of hydrogen-bond acceptors (Lipinski definition) is 1. The van der Waals surface area contributed by atoms with Gasteiger partial charge in [0, 0.05) is 5.41 Å². The van der Waals surface area contributed by atoms with Crippen LogP contribution in [0.4, 0.5) is 8.78 Å². The maximum atomic E-state index is 13.0. The lowest BCUT2D eigenvalue weighted by Crippen LogP contribution is -2.35. The van der Waals surface area contributed by atoms with Crippen molar-refractivity contribution in [1.29, 1.82) is 0 Å². The van der Waals surface area contributed by atoms with Crippen LogP contribution in [0.15, 0.2) is 48.5 Å². The van der Waals surface area contributed by atoms with E-state index in [1.807, 2.05) is 13.8 Å². The number of benzene rings is 2. The zero-order valence-corrected chi connectivity index (χ0v) is 11.6. The van der Waals surface area contributed by atoms with Crippen molar-refractivity contribution in [3.63, 3.8) is 0 Å². The normalized spacial score (nSPS) is 13.2. The summed E-state index contributed by atoms with van der Waals surface area (Å²) in [4.78, 5) is 0. The summed E-state index contributed by atoms with van der Waals surface area (Å²) in [6, 6.07) is 12.2. The van der Waals surface area contributed by atoms with Gasteiger partial charge < -0.3 is 5.11 Å². The molecule has 0 heterocycles. The van der Waals surface area contributed by atoms with Gasteiger partial charge in [-0.15, -0.1) is 0 Å². The Labute approximate surface area is 117 Å². The van der Waals surface area contributed by atoms with Gasteiger partial charge in [0.2, 0.25) is 0 Å². The lowest BCUT2D eigenvalue weighted by atomic mass is 9.77. The molecule has 0 radical (unpaired) electrons. The Morgan fingerprint density at radius 3 is 1.85 bits per heavy atom. The van der Waals surface area contributed by atoms with Crippen molar-refractivity contribution >= 4 is 0 Å². The molecule has 1 N–H and O–H groups in total. The highest BCUT2D eigenvalue weighted by Gasteiger charge is 2.29. The standard InChI is InChI=1S/C17H18F2O/c1-17(2,13-5-9-15(19)10-6-13)16(20)11-12-3-7-14(18)8-4-12/h3-10,16,20H,11H2,1-2H3. The minimum atomic E-state index is -0.640. The second-order valence-electron chi connectivity index (χ2n) is 5.57. The molecule has 2 aromatic rings. The van der Waals surface area contributed by atoms with Crippen LogP contribution in [0.2, 0.25) is 0 Å². The summed E-state index contributed by atoms with van der Waals surface area (Å²) in [5, 5.41) is 10.4. The fourth-order valence-electron chi connectivity index (χ4n) is 2.17. The molecule has 0 bridgehead atoms. The number of rotatable bonds is 4. The molecule has 0 saturated carbocycles. The molecule has 1 nitrogen and oxygen atoms in total. The first-order chi connectivity index (χ1) is 9.39. The Morgan fingerprint density at radius 1 is 0.900 bits per heavy atom. The predicted octanol–water partition coefficient (Wildman–Crippen LogP) is 3.85. The van der Waals surface area contributed by atoms with Crippen molar-refractivity contribution in [1.82, 2.24) is 0 Å². The molecule has 0 fully saturated rings. The monoisotopic (exact) mass is 276 g/mol. The molecule has 3 heteroatoms. The molecule has 0 aliphatic rings. The first-order valence-electron chi connectivity index (χ1n) is 6.58. The zero-order chi connectivity index (χ0) is 14.8. The predicted molar refractivity (Wildman–Crippen MR) is 75.5 cm³/mol. The van der Waals surface area contributed by atoms with Gasteiger partial charge in [-0.2, -0.15) is 0 Å². The molecule has 0 aliphatic heterocycles. The summed E-state index contributed by atoms with van der Waals surface area (Å²) >= 11 is 0. The van der Waals surface area contributed by atoms with Crippen LogP contribution in [0.5, 0.6) is 0 Å². The van der Waals surface area contributed by atoms with E-state index in [0.29, 0.717) is 6.42 Å². The molecule has 20 heavy (non-hydrogen) atoms. The van der Waals surface area contributed by atoms with Gasteiger partial charge in [0.15, 0.2) is 0 Å². The largest absolute Gasteiger partial charge is 0.392 e. The molecule has 2 rings (SSSR count). The fraction of sp³-hybridized carbons (Fsp3) is 0.294. The average molecular weight is 276 g/mol. The van der Waals surface area contributed by atoms with Crippen molar-refractivity contribution < 1.29 is 13.9 Å². The van der Waals surface area contributed by atoms with Gasteiger partial charge in [0.25, 0.3) is 0 Å². The third kappa shape index (κ3) is 3.23. The van der Waals surface area contributed by atoms with Gasteiger partial charge in [0.1, 0.15) is 11.6 Å². The molecule has 1 atom stereocenters. The van der Waals surface area contributed by atoms with Crippen molar-refractivity contribution in [3.05, 3.63) is 71.3 Å². The molecule has 0 saturated heterocycles. The third-order valence-electron chi connectivity index (χ3n) is 3.76. The van der Waals surface area contributed by atoms with Crippen molar-refractivity contribution in [2.75, 3.05) is 0 Å². The molecule has 0 aromatic heterocycles. The van der Waals surface area contributed by atoms with Crippen LogP contribution in [0, 0.1) is 11.6 Å². The van der Waals surface area contributed by atoms with E-state index in [0.717, 1.165) is 11.1 Å². The number of aliphatic hydroxyl groups excluding tert-OH is 1. The highest BCUT2D eigenvalue weighted by molar-refractivity contribution is 5.27. The van der Waals surface area contributed by atoms with Crippen LogP contribution in [0.25, 0.3) is 0 Å². The molecule has 106 valence electrons. The van der Waals surface area contributed by atoms with Crippen molar-refractivity contribution in [2.24, 2.45) is 0 Å². The number of hydrogen-bond donors (Lipinski definition) is 1. The second-order valence-corrected chi connectivity index (χ2v) is 5.57. The third-order valence-corrected chi connectivity index (χ3v) is 3.76. The van der Waals surface area contributed by atoms with E-state index in [4.69, 9.17) is 0 Å². The Kier molecular flexibility index (Phi) is 4.19. The minimum absolute atomic E-state index is 0.291. The molecule has 0 spiro atoms. The highest BCUT2D eigenvalue weighted by Crippen LogP contribution is 2.29. The Morgan fingerprint density at radius 2 is 1.35 bits per heavy atom. The summed E-state index contributed by atoms with van der Waals surface area (Å²) in [6.45, 7) is 3.82. The maximum Gasteiger partial charge on any atom is 0.123 e. The molecule has 1 unspecified atom stereocenters. The quantitative estimate of drug-likeness (QED) is 0.899. The Hall–Kier alpha value is -1.74. The number of aliphatic hydroxyl groups is 1. The maximum absolute atomic E-state index is 13.0. The van der Waals surface area contributed by atoms with E-state index in [-0.39, 0.29) is 11.6 Å².